The highest BCUT2D eigenvalue weighted by Gasteiger charge is 2.09. The van der Waals surface area contributed by atoms with Crippen LogP contribution in [0.15, 0.2) is 12.3 Å². The van der Waals surface area contributed by atoms with Crippen molar-refractivity contribution in [2.75, 3.05) is 0 Å². The van der Waals surface area contributed by atoms with Crippen molar-refractivity contribution in [3.63, 3.8) is 0 Å². The second-order valence-corrected chi connectivity index (χ2v) is 2.89. The van der Waals surface area contributed by atoms with E-state index in [9.17, 15) is 4.79 Å². The molecule has 1 N–H and O–H groups in total. The van der Waals surface area contributed by atoms with Crippen LogP contribution in [0.1, 0.15) is 28.5 Å². The van der Waals surface area contributed by atoms with Crippen LogP contribution in [-0.2, 0) is 12.3 Å². The Labute approximate surface area is 81.4 Å². The molecule has 1 heterocycles. The van der Waals surface area contributed by atoms with E-state index in [-0.39, 0.29) is 5.56 Å². The first-order valence-corrected chi connectivity index (χ1v) is 4.49. The number of pyridine rings is 1. The Hall–Kier alpha value is -1.09. The number of hydrogen-bond donors (Lipinski definition) is 1. The standard InChI is InChI=1S/C9H10ClNO2/c1-2-6-3-7(4-10)11-5-8(6)9(12)13/h3,5H,2,4H2,1H3,(H,12,13). The average molecular weight is 200 g/mol. The van der Waals surface area contributed by atoms with Gasteiger partial charge in [0.05, 0.1) is 17.1 Å². The second kappa shape index (κ2) is 4.23. The topological polar surface area (TPSA) is 50.2 Å². The molecule has 0 aromatic carbocycles. The fraction of sp³-hybridized carbons (Fsp3) is 0.333. The van der Waals surface area contributed by atoms with E-state index in [0.29, 0.717) is 18.0 Å². The quantitative estimate of drug-likeness (QED) is 0.759. The molecule has 1 aromatic heterocycles. The van der Waals surface area contributed by atoms with E-state index < -0.39 is 5.97 Å². The molecule has 0 unspecified atom stereocenters. The van der Waals surface area contributed by atoms with Gasteiger partial charge in [0.2, 0.25) is 0 Å². The Kier molecular flexibility index (Phi) is 3.25. The number of carbonyl (C=O) groups is 1. The van der Waals surface area contributed by atoms with E-state index >= 15 is 0 Å². The minimum absolute atomic E-state index is 0.261. The molecule has 0 saturated heterocycles. The zero-order chi connectivity index (χ0) is 9.84. The van der Waals surface area contributed by atoms with Crippen LogP contribution in [0.2, 0.25) is 0 Å². The first-order valence-electron chi connectivity index (χ1n) is 3.96. The predicted molar refractivity (Wildman–Crippen MR) is 50.1 cm³/mol. The van der Waals surface area contributed by atoms with Gasteiger partial charge in [-0.25, -0.2) is 4.79 Å². The van der Waals surface area contributed by atoms with Crippen LogP contribution < -0.4 is 0 Å². The number of halogens is 1. The highest BCUT2D eigenvalue weighted by molar-refractivity contribution is 6.16. The Balaban J connectivity index is 3.15. The molecular weight excluding hydrogens is 190 g/mol. The summed E-state index contributed by atoms with van der Waals surface area (Å²) in [5, 5.41) is 8.79. The van der Waals surface area contributed by atoms with Crippen LogP contribution in [0.5, 0.6) is 0 Å². The molecule has 4 heteroatoms. The molecule has 0 atom stereocenters. The van der Waals surface area contributed by atoms with Crippen molar-refractivity contribution in [2.24, 2.45) is 0 Å². The van der Waals surface area contributed by atoms with Gasteiger partial charge in [0.25, 0.3) is 0 Å². The van der Waals surface area contributed by atoms with E-state index in [1.165, 1.54) is 6.20 Å². The number of hydrogen-bond acceptors (Lipinski definition) is 2. The first-order chi connectivity index (χ1) is 6.19. The van der Waals surface area contributed by atoms with Crippen molar-refractivity contribution >= 4 is 17.6 Å². The summed E-state index contributed by atoms with van der Waals surface area (Å²) in [6, 6.07) is 1.73. The van der Waals surface area contributed by atoms with Gasteiger partial charge in [-0.05, 0) is 18.1 Å². The maximum atomic E-state index is 10.7. The summed E-state index contributed by atoms with van der Waals surface area (Å²) in [5.41, 5.74) is 1.75. The molecule has 0 saturated carbocycles. The van der Waals surface area contributed by atoms with Gasteiger partial charge in [0, 0.05) is 6.20 Å². The third kappa shape index (κ3) is 2.18. The van der Waals surface area contributed by atoms with Gasteiger partial charge in [-0.2, -0.15) is 0 Å². The normalized spacial score (nSPS) is 10.0. The predicted octanol–water partition coefficient (Wildman–Crippen LogP) is 2.08. The van der Waals surface area contributed by atoms with Gasteiger partial charge in [0.1, 0.15) is 0 Å². The molecule has 0 aliphatic heterocycles. The maximum Gasteiger partial charge on any atom is 0.337 e. The lowest BCUT2D eigenvalue weighted by atomic mass is 10.1. The zero-order valence-electron chi connectivity index (χ0n) is 7.25. The van der Waals surface area contributed by atoms with Crippen LogP contribution in [0.25, 0.3) is 0 Å². The maximum absolute atomic E-state index is 10.7. The first kappa shape index (κ1) is 9.99. The third-order valence-electron chi connectivity index (χ3n) is 1.79. The van der Waals surface area contributed by atoms with Crippen LogP contribution in [0, 0.1) is 0 Å². The van der Waals surface area contributed by atoms with E-state index in [4.69, 9.17) is 16.7 Å². The third-order valence-corrected chi connectivity index (χ3v) is 2.07. The minimum atomic E-state index is -0.939. The molecule has 0 amide bonds. The zero-order valence-corrected chi connectivity index (χ0v) is 8.01. The summed E-state index contributed by atoms with van der Waals surface area (Å²) in [7, 11) is 0. The minimum Gasteiger partial charge on any atom is -0.478 e. The largest absolute Gasteiger partial charge is 0.478 e. The van der Waals surface area contributed by atoms with Gasteiger partial charge in [-0.3, -0.25) is 4.98 Å². The van der Waals surface area contributed by atoms with Crippen molar-refractivity contribution in [1.82, 2.24) is 4.98 Å². The summed E-state index contributed by atoms with van der Waals surface area (Å²) < 4.78 is 0. The summed E-state index contributed by atoms with van der Waals surface area (Å²) in [4.78, 5) is 14.6. The van der Waals surface area contributed by atoms with Crippen LogP contribution in [0.3, 0.4) is 0 Å². The molecular formula is C9H10ClNO2. The number of rotatable bonds is 3. The fourth-order valence-corrected chi connectivity index (χ4v) is 1.25. The van der Waals surface area contributed by atoms with E-state index in [1.807, 2.05) is 6.92 Å². The molecule has 1 rings (SSSR count). The Morgan fingerprint density at radius 1 is 1.69 bits per heavy atom. The van der Waals surface area contributed by atoms with Gasteiger partial charge in [-0.15, -0.1) is 11.6 Å². The van der Waals surface area contributed by atoms with E-state index in [1.54, 1.807) is 6.07 Å². The number of nitrogens with zero attached hydrogens (tertiary/aromatic N) is 1. The number of aryl methyl sites for hydroxylation is 1. The lowest BCUT2D eigenvalue weighted by Crippen LogP contribution is -2.04. The monoisotopic (exact) mass is 199 g/mol. The summed E-state index contributed by atoms with van der Waals surface area (Å²) in [5.74, 6) is -0.627. The smallest absolute Gasteiger partial charge is 0.337 e. The second-order valence-electron chi connectivity index (χ2n) is 2.63. The molecule has 3 nitrogen and oxygen atoms in total. The summed E-state index contributed by atoms with van der Waals surface area (Å²) >= 11 is 5.58. The fourth-order valence-electron chi connectivity index (χ4n) is 1.10. The van der Waals surface area contributed by atoms with Gasteiger partial charge in [-0.1, -0.05) is 6.92 Å². The molecule has 0 bridgehead atoms. The van der Waals surface area contributed by atoms with Crippen LogP contribution in [0.4, 0.5) is 0 Å². The number of alkyl halides is 1. The molecule has 0 fully saturated rings. The van der Waals surface area contributed by atoms with Crippen molar-refractivity contribution in [1.29, 1.82) is 0 Å². The summed E-state index contributed by atoms with van der Waals surface area (Å²) in [6.45, 7) is 1.90. The highest BCUT2D eigenvalue weighted by atomic mass is 35.5. The van der Waals surface area contributed by atoms with Crippen molar-refractivity contribution < 1.29 is 9.90 Å². The van der Waals surface area contributed by atoms with Gasteiger partial charge in [0.15, 0.2) is 0 Å². The van der Waals surface area contributed by atoms with Crippen molar-refractivity contribution in [2.45, 2.75) is 19.2 Å². The number of carboxylic acids is 1. The van der Waals surface area contributed by atoms with Crippen LogP contribution >= 0.6 is 11.6 Å². The molecule has 0 aliphatic carbocycles. The summed E-state index contributed by atoms with van der Waals surface area (Å²) in [6.07, 6.45) is 2.03. The van der Waals surface area contributed by atoms with Crippen LogP contribution in [-0.4, -0.2) is 16.1 Å². The Morgan fingerprint density at radius 3 is 2.85 bits per heavy atom. The average Bonchev–Trinajstić information content (AvgIpc) is 2.16. The van der Waals surface area contributed by atoms with Gasteiger partial charge >= 0.3 is 5.97 Å². The number of aromatic carboxylic acids is 1. The number of aromatic nitrogens is 1. The Morgan fingerprint density at radius 2 is 2.38 bits per heavy atom. The molecule has 70 valence electrons. The van der Waals surface area contributed by atoms with Crippen molar-refractivity contribution in [3.8, 4) is 0 Å². The number of carboxylic acid groups (broad SMARTS) is 1. The van der Waals surface area contributed by atoms with Gasteiger partial charge < -0.3 is 5.11 Å². The SMILES string of the molecule is CCc1cc(CCl)ncc1C(=O)O. The lowest BCUT2D eigenvalue weighted by Gasteiger charge is -2.03. The molecule has 0 radical (unpaired) electrons. The molecule has 13 heavy (non-hydrogen) atoms. The van der Waals surface area contributed by atoms with Crippen molar-refractivity contribution in [3.05, 3.63) is 29.1 Å². The van der Waals surface area contributed by atoms with E-state index in [0.717, 1.165) is 5.56 Å². The molecule has 0 aliphatic rings. The lowest BCUT2D eigenvalue weighted by molar-refractivity contribution is 0.0695. The molecule has 1 aromatic rings. The highest BCUT2D eigenvalue weighted by Crippen LogP contribution is 2.11. The van der Waals surface area contributed by atoms with E-state index in [2.05, 4.69) is 4.98 Å². The molecule has 0 spiro atoms. The Bertz CT molecular complexity index is 325.